The molecule has 2 heterocycles. The Morgan fingerprint density at radius 1 is 0.417 bits per heavy atom. The summed E-state index contributed by atoms with van der Waals surface area (Å²) in [5.41, 5.74) is 19.8. The van der Waals surface area contributed by atoms with Crippen molar-refractivity contribution >= 4 is 28.0 Å². The van der Waals surface area contributed by atoms with Crippen LogP contribution in [0.2, 0.25) is 0 Å². The fraction of sp³-hybridized carbons (Fsp3) is 0.123. The molecular formula is C57H41NO2. The van der Waals surface area contributed by atoms with Crippen molar-refractivity contribution in [2.75, 3.05) is 4.90 Å². The summed E-state index contributed by atoms with van der Waals surface area (Å²) in [5, 5.41) is 0.984. The predicted molar refractivity (Wildman–Crippen MR) is 243 cm³/mol. The van der Waals surface area contributed by atoms with Crippen LogP contribution in [0.15, 0.2) is 180 Å². The second-order valence-corrected chi connectivity index (χ2v) is 18.0. The molecule has 1 aliphatic heterocycles. The van der Waals surface area contributed by atoms with Gasteiger partial charge in [0.2, 0.25) is 0 Å². The Labute approximate surface area is 350 Å². The highest BCUT2D eigenvalue weighted by molar-refractivity contribution is 5.99. The van der Waals surface area contributed by atoms with Gasteiger partial charge >= 0.3 is 0 Å². The van der Waals surface area contributed by atoms with Gasteiger partial charge in [0.25, 0.3) is 0 Å². The van der Waals surface area contributed by atoms with Gasteiger partial charge in [-0.2, -0.15) is 0 Å². The van der Waals surface area contributed by atoms with Crippen LogP contribution in [0.1, 0.15) is 72.4 Å². The molecule has 1 unspecified atom stereocenters. The Morgan fingerprint density at radius 2 is 0.983 bits per heavy atom. The summed E-state index contributed by atoms with van der Waals surface area (Å²) in [6, 6.07) is 64.7. The highest BCUT2D eigenvalue weighted by atomic mass is 16.5. The molecule has 1 spiro atoms. The van der Waals surface area contributed by atoms with Crippen LogP contribution in [-0.4, -0.2) is 0 Å². The summed E-state index contributed by atoms with van der Waals surface area (Å²) >= 11 is 0. The fourth-order valence-corrected chi connectivity index (χ4v) is 11.6. The van der Waals surface area contributed by atoms with Gasteiger partial charge in [-0.15, -0.1) is 0 Å². The van der Waals surface area contributed by atoms with Crippen molar-refractivity contribution in [2.24, 2.45) is 0 Å². The Kier molecular flexibility index (Phi) is 6.51. The molecule has 0 saturated carbocycles. The number of rotatable bonds is 3. The summed E-state index contributed by atoms with van der Waals surface area (Å²) in [6.07, 6.45) is 0. The van der Waals surface area contributed by atoms with Crippen molar-refractivity contribution in [1.29, 1.82) is 0 Å². The first-order valence-electron chi connectivity index (χ1n) is 21.1. The molecule has 3 heteroatoms. The molecule has 0 N–H and O–H groups in total. The Hall–Kier alpha value is -7.10. The zero-order valence-electron chi connectivity index (χ0n) is 34.0. The van der Waals surface area contributed by atoms with E-state index in [1.807, 2.05) is 12.1 Å². The van der Waals surface area contributed by atoms with Crippen molar-refractivity contribution in [3.63, 3.8) is 0 Å². The molecule has 1 atom stereocenters. The molecular weight excluding hydrogens is 731 g/mol. The van der Waals surface area contributed by atoms with Crippen LogP contribution in [0.4, 0.5) is 17.1 Å². The highest BCUT2D eigenvalue weighted by Gasteiger charge is 2.54. The first-order valence-corrected chi connectivity index (χ1v) is 21.1. The van der Waals surface area contributed by atoms with Gasteiger partial charge < -0.3 is 14.1 Å². The van der Waals surface area contributed by atoms with E-state index in [4.69, 9.17) is 9.15 Å². The van der Waals surface area contributed by atoms with E-state index >= 15 is 0 Å². The van der Waals surface area contributed by atoms with Gasteiger partial charge in [0.05, 0.1) is 11.1 Å². The lowest BCUT2D eigenvalue weighted by Gasteiger charge is -2.36. The van der Waals surface area contributed by atoms with Crippen molar-refractivity contribution in [3.8, 4) is 44.9 Å². The summed E-state index contributed by atoms with van der Waals surface area (Å²) in [4.78, 5) is 2.52. The van der Waals surface area contributed by atoms with E-state index in [9.17, 15) is 0 Å². The van der Waals surface area contributed by atoms with E-state index in [0.29, 0.717) is 0 Å². The number of para-hydroxylation sites is 2. The summed E-state index contributed by atoms with van der Waals surface area (Å²) in [5.74, 6) is 2.48. The van der Waals surface area contributed by atoms with Gasteiger partial charge in [-0.25, -0.2) is 0 Å². The number of nitrogens with zero attached hydrogens (tertiary/aromatic N) is 1. The fourth-order valence-electron chi connectivity index (χ4n) is 11.6. The highest BCUT2D eigenvalue weighted by Crippen LogP contribution is 2.65. The van der Waals surface area contributed by atoms with Crippen LogP contribution in [0.25, 0.3) is 44.3 Å². The van der Waals surface area contributed by atoms with Crippen molar-refractivity contribution in [2.45, 2.75) is 43.9 Å². The second kappa shape index (κ2) is 11.5. The minimum atomic E-state index is -0.710. The predicted octanol–water partition coefficient (Wildman–Crippen LogP) is 15.0. The monoisotopic (exact) mass is 771 g/mol. The molecule has 4 aliphatic rings. The quantitative estimate of drug-likeness (QED) is 0.179. The van der Waals surface area contributed by atoms with Gasteiger partial charge in [-0.1, -0.05) is 155 Å². The van der Waals surface area contributed by atoms with Gasteiger partial charge in [-0.05, 0) is 110 Å². The zero-order chi connectivity index (χ0) is 40.1. The van der Waals surface area contributed by atoms with E-state index in [2.05, 4.69) is 196 Å². The molecule has 0 bridgehead atoms. The normalized spacial score (nSPS) is 17.5. The summed E-state index contributed by atoms with van der Waals surface area (Å²) in [6.45, 7) is 9.47. The zero-order valence-corrected chi connectivity index (χ0v) is 34.0. The summed E-state index contributed by atoms with van der Waals surface area (Å²) < 4.78 is 13.8. The molecule has 0 saturated heterocycles. The van der Waals surface area contributed by atoms with E-state index in [1.54, 1.807) is 0 Å². The van der Waals surface area contributed by atoms with Gasteiger partial charge in [0.15, 0.2) is 11.5 Å². The van der Waals surface area contributed by atoms with Gasteiger partial charge in [-0.3, -0.25) is 0 Å². The number of benzene rings is 8. The van der Waals surface area contributed by atoms with Crippen LogP contribution in [0.3, 0.4) is 0 Å². The molecule has 286 valence electrons. The summed E-state index contributed by atoms with van der Waals surface area (Å²) in [7, 11) is 0. The van der Waals surface area contributed by atoms with Crippen molar-refractivity contribution in [1.82, 2.24) is 0 Å². The molecule has 60 heavy (non-hydrogen) atoms. The lowest BCUT2D eigenvalue weighted by atomic mass is 9.69. The number of ether oxygens (including phenoxy) is 1. The maximum Gasteiger partial charge on any atom is 0.178 e. The molecule has 3 aliphatic carbocycles. The van der Waals surface area contributed by atoms with Crippen molar-refractivity contribution in [3.05, 3.63) is 221 Å². The minimum absolute atomic E-state index is 0.140. The van der Waals surface area contributed by atoms with Crippen LogP contribution >= 0.6 is 0 Å². The molecule has 9 aromatic rings. The number of furan rings is 1. The largest absolute Gasteiger partial charge is 0.455 e. The SMILES string of the molecule is CC1(C)c2ccccc2-c2ccc(N(c3ccc4c(c3)-c3ccccc3C43c4ccccc4Oc4c3oc3ccccc43)c3cccc4c3-c3ccccc3C4(C)C)cc21. The van der Waals surface area contributed by atoms with E-state index in [0.717, 1.165) is 45.2 Å². The third-order valence-electron chi connectivity index (χ3n) is 14.3. The topological polar surface area (TPSA) is 25.6 Å². The average molecular weight is 772 g/mol. The van der Waals surface area contributed by atoms with Crippen LogP contribution in [0.5, 0.6) is 11.5 Å². The molecule has 13 rings (SSSR count). The molecule has 1 aromatic heterocycles. The van der Waals surface area contributed by atoms with E-state index in [1.165, 1.54) is 72.4 Å². The third-order valence-corrected chi connectivity index (χ3v) is 14.3. The number of hydrogen-bond donors (Lipinski definition) is 0. The van der Waals surface area contributed by atoms with E-state index < -0.39 is 5.41 Å². The van der Waals surface area contributed by atoms with Crippen molar-refractivity contribution < 1.29 is 9.15 Å². The van der Waals surface area contributed by atoms with E-state index in [-0.39, 0.29) is 10.8 Å². The molecule has 3 nitrogen and oxygen atoms in total. The van der Waals surface area contributed by atoms with Crippen LogP contribution in [0, 0.1) is 0 Å². The maximum atomic E-state index is 6.97. The standard InChI is InChI=1S/C57H41NO2/c1-55(2)43-21-10-7-18-39(43)52-47(55)24-15-25-49(52)58(35-28-30-38-36-16-5-9-20-42(36)56(3,4)48(38)33-35)34-29-31-45-41(32-34)37-17-6-11-22-44(37)57(45)46-23-12-14-27-51(46)59-53-40-19-8-13-26-50(40)60-54(53)57/h5-33H,1-4H3. The second-order valence-electron chi connectivity index (χ2n) is 18.0. The Morgan fingerprint density at radius 3 is 1.80 bits per heavy atom. The molecule has 8 aromatic carbocycles. The smallest absolute Gasteiger partial charge is 0.178 e. The maximum absolute atomic E-state index is 6.97. The molecule has 0 amide bonds. The third kappa shape index (κ3) is 4.10. The first-order chi connectivity index (χ1) is 29.3. The molecule has 0 fully saturated rings. The lowest BCUT2D eigenvalue weighted by molar-refractivity contribution is 0.389. The Balaban J connectivity index is 1.09. The van der Waals surface area contributed by atoms with Gasteiger partial charge in [0, 0.05) is 33.3 Å². The number of anilines is 3. The number of hydrogen-bond acceptors (Lipinski definition) is 3. The van der Waals surface area contributed by atoms with Crippen LogP contribution in [-0.2, 0) is 16.2 Å². The first kappa shape index (κ1) is 33.8. The van der Waals surface area contributed by atoms with Crippen LogP contribution < -0.4 is 9.64 Å². The Bertz CT molecular complexity index is 3330. The molecule has 0 radical (unpaired) electrons. The minimum Gasteiger partial charge on any atom is -0.455 e. The van der Waals surface area contributed by atoms with Gasteiger partial charge in [0.1, 0.15) is 16.7 Å². The lowest BCUT2D eigenvalue weighted by Crippen LogP contribution is -2.31. The number of fused-ring (bicyclic) bond motifs is 17. The average Bonchev–Trinajstić information content (AvgIpc) is 3.94.